The predicted molar refractivity (Wildman–Crippen MR) is 69.1 cm³/mol. The predicted octanol–water partition coefficient (Wildman–Crippen LogP) is 0.978. The molecule has 0 saturated carbocycles. The van der Waals surface area contributed by atoms with Crippen molar-refractivity contribution in [2.24, 2.45) is 0 Å². The average molecular weight is 256 g/mol. The highest BCUT2D eigenvalue weighted by Gasteiger charge is 2.13. The standard InChI is InChI=1S/C13H24N2O3/c1-2-18-13(17)8-10-15-12(16)7-6-11-5-3-4-9-14-11/h11,14H,2-10H2,1H3,(H,15,16). The van der Waals surface area contributed by atoms with Crippen molar-refractivity contribution in [3.63, 3.8) is 0 Å². The summed E-state index contributed by atoms with van der Waals surface area (Å²) in [4.78, 5) is 22.6. The van der Waals surface area contributed by atoms with Crippen molar-refractivity contribution >= 4 is 11.9 Å². The molecule has 5 nitrogen and oxygen atoms in total. The molecule has 0 aliphatic carbocycles. The van der Waals surface area contributed by atoms with Gasteiger partial charge in [0.25, 0.3) is 0 Å². The number of nitrogens with one attached hydrogen (secondary N) is 2. The Morgan fingerprint density at radius 2 is 2.17 bits per heavy atom. The van der Waals surface area contributed by atoms with E-state index in [0.717, 1.165) is 19.4 Å². The maximum absolute atomic E-state index is 11.5. The van der Waals surface area contributed by atoms with Crippen molar-refractivity contribution in [1.82, 2.24) is 10.6 Å². The van der Waals surface area contributed by atoms with Crippen molar-refractivity contribution in [2.45, 2.75) is 51.5 Å². The number of hydrogen-bond acceptors (Lipinski definition) is 4. The van der Waals surface area contributed by atoms with Crippen molar-refractivity contribution in [2.75, 3.05) is 19.7 Å². The van der Waals surface area contributed by atoms with Crippen LogP contribution < -0.4 is 10.6 Å². The van der Waals surface area contributed by atoms with Crippen LogP contribution in [0.1, 0.15) is 45.4 Å². The lowest BCUT2D eigenvalue weighted by Crippen LogP contribution is -2.35. The van der Waals surface area contributed by atoms with Gasteiger partial charge in [0.15, 0.2) is 0 Å². The minimum Gasteiger partial charge on any atom is -0.466 e. The van der Waals surface area contributed by atoms with Gasteiger partial charge in [0.1, 0.15) is 0 Å². The van der Waals surface area contributed by atoms with Gasteiger partial charge in [-0.2, -0.15) is 0 Å². The van der Waals surface area contributed by atoms with Gasteiger partial charge in [0.05, 0.1) is 13.0 Å². The monoisotopic (exact) mass is 256 g/mol. The first-order valence-corrected chi connectivity index (χ1v) is 6.88. The summed E-state index contributed by atoms with van der Waals surface area (Å²) in [7, 11) is 0. The van der Waals surface area contributed by atoms with Gasteiger partial charge in [-0.1, -0.05) is 6.42 Å². The molecular weight excluding hydrogens is 232 g/mol. The van der Waals surface area contributed by atoms with Crippen LogP contribution >= 0.6 is 0 Å². The van der Waals surface area contributed by atoms with Gasteiger partial charge in [0.2, 0.25) is 5.91 Å². The largest absolute Gasteiger partial charge is 0.466 e. The van der Waals surface area contributed by atoms with Crippen LogP contribution in [-0.2, 0) is 14.3 Å². The normalized spacial score (nSPS) is 19.3. The molecular formula is C13H24N2O3. The SMILES string of the molecule is CCOC(=O)CCNC(=O)CCC1CCCCN1. The molecule has 1 heterocycles. The van der Waals surface area contributed by atoms with Crippen molar-refractivity contribution in [1.29, 1.82) is 0 Å². The fraction of sp³-hybridized carbons (Fsp3) is 0.846. The highest BCUT2D eigenvalue weighted by atomic mass is 16.5. The van der Waals surface area contributed by atoms with Crippen LogP contribution in [0.15, 0.2) is 0 Å². The molecule has 0 spiro atoms. The van der Waals surface area contributed by atoms with E-state index in [-0.39, 0.29) is 18.3 Å². The molecule has 0 aromatic carbocycles. The second-order valence-corrected chi connectivity index (χ2v) is 4.59. The van der Waals surface area contributed by atoms with Gasteiger partial charge in [0, 0.05) is 19.0 Å². The number of carbonyl (C=O) groups excluding carboxylic acids is 2. The van der Waals surface area contributed by atoms with E-state index in [1.807, 2.05) is 0 Å². The fourth-order valence-electron chi connectivity index (χ4n) is 2.10. The van der Waals surface area contributed by atoms with Crippen LogP contribution in [0.3, 0.4) is 0 Å². The molecule has 1 saturated heterocycles. The van der Waals surface area contributed by atoms with Gasteiger partial charge in [-0.15, -0.1) is 0 Å². The minimum atomic E-state index is -0.258. The second-order valence-electron chi connectivity index (χ2n) is 4.59. The Morgan fingerprint density at radius 1 is 1.33 bits per heavy atom. The molecule has 1 aliphatic rings. The Morgan fingerprint density at radius 3 is 2.83 bits per heavy atom. The van der Waals surface area contributed by atoms with Gasteiger partial charge < -0.3 is 15.4 Å². The lowest BCUT2D eigenvalue weighted by atomic mass is 10.0. The number of esters is 1. The maximum Gasteiger partial charge on any atom is 0.307 e. The number of piperidine rings is 1. The molecule has 0 bridgehead atoms. The summed E-state index contributed by atoms with van der Waals surface area (Å²) >= 11 is 0. The molecule has 1 aliphatic heterocycles. The Hall–Kier alpha value is -1.10. The lowest BCUT2D eigenvalue weighted by molar-refractivity contribution is -0.143. The molecule has 0 radical (unpaired) electrons. The zero-order valence-electron chi connectivity index (χ0n) is 11.2. The third-order valence-electron chi connectivity index (χ3n) is 3.09. The first-order valence-electron chi connectivity index (χ1n) is 6.88. The molecule has 1 unspecified atom stereocenters. The van der Waals surface area contributed by atoms with Gasteiger partial charge in [-0.05, 0) is 32.7 Å². The molecule has 0 aromatic heterocycles. The number of amides is 1. The van der Waals surface area contributed by atoms with Crippen LogP contribution in [-0.4, -0.2) is 37.6 Å². The zero-order chi connectivity index (χ0) is 13.2. The number of hydrogen-bond donors (Lipinski definition) is 2. The van der Waals surface area contributed by atoms with Crippen molar-refractivity contribution in [3.8, 4) is 0 Å². The van der Waals surface area contributed by atoms with Crippen LogP contribution in [0.5, 0.6) is 0 Å². The fourth-order valence-corrected chi connectivity index (χ4v) is 2.10. The van der Waals surface area contributed by atoms with E-state index in [1.165, 1.54) is 12.8 Å². The zero-order valence-corrected chi connectivity index (χ0v) is 11.2. The van der Waals surface area contributed by atoms with Gasteiger partial charge in [-0.25, -0.2) is 0 Å². The lowest BCUT2D eigenvalue weighted by Gasteiger charge is -2.22. The van der Waals surface area contributed by atoms with E-state index >= 15 is 0 Å². The second kappa shape index (κ2) is 8.91. The summed E-state index contributed by atoms with van der Waals surface area (Å²) in [5.41, 5.74) is 0. The Kier molecular flexibility index (Phi) is 7.41. The third kappa shape index (κ3) is 6.59. The molecule has 1 rings (SSSR count). The Balaban J connectivity index is 2.01. The maximum atomic E-state index is 11.5. The van der Waals surface area contributed by atoms with E-state index < -0.39 is 0 Å². The number of rotatable bonds is 7. The summed E-state index contributed by atoms with van der Waals surface area (Å²) < 4.78 is 4.78. The first kappa shape index (κ1) is 15.0. The minimum absolute atomic E-state index is 0.0201. The van der Waals surface area contributed by atoms with Crippen LogP contribution in [0.4, 0.5) is 0 Å². The molecule has 1 amide bonds. The first-order chi connectivity index (χ1) is 8.72. The smallest absolute Gasteiger partial charge is 0.307 e. The van der Waals surface area contributed by atoms with E-state index in [1.54, 1.807) is 6.92 Å². The third-order valence-corrected chi connectivity index (χ3v) is 3.09. The Labute approximate surface area is 109 Å². The quantitative estimate of drug-likeness (QED) is 0.666. The highest BCUT2D eigenvalue weighted by molar-refractivity contribution is 5.77. The summed E-state index contributed by atoms with van der Waals surface area (Å²) in [5, 5.41) is 6.16. The molecule has 2 N–H and O–H groups in total. The van der Waals surface area contributed by atoms with Crippen molar-refractivity contribution < 1.29 is 14.3 Å². The molecule has 104 valence electrons. The van der Waals surface area contributed by atoms with Gasteiger partial charge >= 0.3 is 5.97 Å². The van der Waals surface area contributed by atoms with Crippen LogP contribution in [0, 0.1) is 0 Å². The molecule has 18 heavy (non-hydrogen) atoms. The topological polar surface area (TPSA) is 67.4 Å². The Bertz CT molecular complexity index is 263. The van der Waals surface area contributed by atoms with E-state index in [4.69, 9.17) is 4.74 Å². The molecule has 5 heteroatoms. The van der Waals surface area contributed by atoms with Crippen molar-refractivity contribution in [3.05, 3.63) is 0 Å². The summed E-state index contributed by atoms with van der Waals surface area (Å²) in [6, 6.07) is 0.481. The highest BCUT2D eigenvalue weighted by Crippen LogP contribution is 2.11. The number of carbonyl (C=O) groups is 2. The summed E-state index contributed by atoms with van der Waals surface area (Å²) in [5.74, 6) is -0.238. The molecule has 1 fully saturated rings. The van der Waals surface area contributed by atoms with Gasteiger partial charge in [-0.3, -0.25) is 9.59 Å². The van der Waals surface area contributed by atoms with Crippen LogP contribution in [0.25, 0.3) is 0 Å². The van der Waals surface area contributed by atoms with E-state index in [2.05, 4.69) is 10.6 Å². The molecule has 1 atom stereocenters. The average Bonchev–Trinajstić information content (AvgIpc) is 2.38. The molecule has 0 aromatic rings. The van der Waals surface area contributed by atoms with E-state index in [9.17, 15) is 9.59 Å². The summed E-state index contributed by atoms with van der Waals surface area (Å²) in [6.45, 7) is 3.60. The van der Waals surface area contributed by atoms with E-state index in [0.29, 0.717) is 25.6 Å². The number of ether oxygens (including phenoxy) is 1. The van der Waals surface area contributed by atoms with Crippen LogP contribution in [0.2, 0.25) is 0 Å². The summed E-state index contributed by atoms with van der Waals surface area (Å²) in [6.07, 6.45) is 5.31.